The molecular weight excluding hydrogens is 350 g/mol. The van der Waals surface area contributed by atoms with Crippen LogP contribution in [0.3, 0.4) is 0 Å². The number of hydrogen-bond donors (Lipinski definition) is 1. The molecule has 1 aromatic carbocycles. The molecule has 27 heavy (non-hydrogen) atoms. The number of aryl methyl sites for hydroxylation is 1. The Balaban J connectivity index is 1.83. The summed E-state index contributed by atoms with van der Waals surface area (Å²) in [6.07, 6.45) is 1.93. The van der Waals surface area contributed by atoms with Gasteiger partial charge in [0.2, 0.25) is 5.91 Å². The summed E-state index contributed by atoms with van der Waals surface area (Å²) in [5, 5.41) is 10.0. The molecule has 0 aliphatic heterocycles. The van der Waals surface area contributed by atoms with Gasteiger partial charge >= 0.3 is 11.6 Å². The van der Waals surface area contributed by atoms with E-state index in [1.165, 1.54) is 18.9 Å². The lowest BCUT2D eigenvalue weighted by Crippen LogP contribution is -2.44. The maximum atomic E-state index is 12.6. The van der Waals surface area contributed by atoms with Crippen LogP contribution in [-0.2, 0) is 16.0 Å². The van der Waals surface area contributed by atoms with E-state index in [1.807, 2.05) is 13.0 Å². The summed E-state index contributed by atoms with van der Waals surface area (Å²) in [4.78, 5) is 37.8. The molecule has 2 aromatic rings. The zero-order valence-corrected chi connectivity index (χ0v) is 15.7. The predicted molar refractivity (Wildman–Crippen MR) is 99.1 cm³/mol. The van der Waals surface area contributed by atoms with Gasteiger partial charge in [-0.1, -0.05) is 0 Å². The molecule has 3 rings (SSSR count). The lowest BCUT2D eigenvalue weighted by Gasteiger charge is -2.26. The second kappa shape index (κ2) is 7.42. The molecule has 0 bridgehead atoms. The monoisotopic (exact) mass is 373 g/mol. The van der Waals surface area contributed by atoms with Crippen molar-refractivity contribution >= 4 is 22.8 Å². The van der Waals surface area contributed by atoms with Gasteiger partial charge in [-0.05, 0) is 50.8 Å². The van der Waals surface area contributed by atoms with Crippen LogP contribution in [0.2, 0.25) is 0 Å². The summed E-state index contributed by atoms with van der Waals surface area (Å²) < 4.78 is 10.5. The molecule has 1 saturated carbocycles. The van der Waals surface area contributed by atoms with Crippen molar-refractivity contribution in [2.24, 2.45) is 0 Å². The summed E-state index contributed by atoms with van der Waals surface area (Å²) in [6, 6.07) is 4.38. The molecule has 7 heteroatoms. The van der Waals surface area contributed by atoms with Crippen molar-refractivity contribution < 1.29 is 23.8 Å². The van der Waals surface area contributed by atoms with Crippen molar-refractivity contribution in [2.45, 2.75) is 51.6 Å². The average molecular weight is 373 g/mol. The molecule has 1 heterocycles. The van der Waals surface area contributed by atoms with Crippen LogP contribution in [-0.4, -0.2) is 41.1 Å². The lowest BCUT2D eigenvalue weighted by atomic mass is 10.0. The number of carboxylic acid groups (broad SMARTS) is 1. The first-order valence-corrected chi connectivity index (χ1v) is 8.97. The van der Waals surface area contributed by atoms with E-state index in [4.69, 9.17) is 9.15 Å². The molecule has 0 saturated heterocycles. The van der Waals surface area contributed by atoms with Crippen LogP contribution in [0.5, 0.6) is 5.75 Å². The fourth-order valence-electron chi connectivity index (χ4n) is 3.36. The Morgan fingerprint density at radius 2 is 2.07 bits per heavy atom. The number of aliphatic carboxylic acids is 1. The maximum Gasteiger partial charge on any atom is 0.339 e. The maximum absolute atomic E-state index is 12.6. The first-order valence-electron chi connectivity index (χ1n) is 8.97. The fraction of sp³-hybridized carbons (Fsp3) is 0.450. The minimum Gasteiger partial charge on any atom is -0.497 e. The van der Waals surface area contributed by atoms with Crippen LogP contribution >= 0.6 is 0 Å². The standard InChI is InChI=1S/C20H23NO6/c1-11-15-7-6-14(26-3)10-17(15)27-20(25)16(11)8-9-18(22)21(13-4-5-13)12(2)19(23)24/h6-7,10,12-13H,4-5,8-9H2,1-3H3,(H,23,24). The van der Waals surface area contributed by atoms with Crippen LogP contribution in [0.15, 0.2) is 27.4 Å². The number of carbonyl (C=O) groups excluding carboxylic acids is 1. The molecular formula is C20H23NO6. The van der Waals surface area contributed by atoms with Crippen LogP contribution in [0.4, 0.5) is 0 Å². The SMILES string of the molecule is COc1ccc2c(C)c(CCC(=O)N(C3CC3)C(C)C(=O)O)c(=O)oc2c1. The number of amides is 1. The fourth-order valence-corrected chi connectivity index (χ4v) is 3.36. The van der Waals surface area contributed by atoms with Gasteiger partial charge in [-0.25, -0.2) is 9.59 Å². The highest BCUT2D eigenvalue weighted by Gasteiger charge is 2.38. The third kappa shape index (κ3) is 3.82. The minimum absolute atomic E-state index is 0.00910. The van der Waals surface area contributed by atoms with E-state index in [-0.39, 0.29) is 24.8 Å². The Morgan fingerprint density at radius 1 is 1.37 bits per heavy atom. The topological polar surface area (TPSA) is 97.0 Å². The second-order valence-corrected chi connectivity index (χ2v) is 6.90. The highest BCUT2D eigenvalue weighted by molar-refractivity contribution is 5.85. The zero-order chi connectivity index (χ0) is 19.7. The molecule has 0 spiro atoms. The molecule has 0 radical (unpaired) electrons. The van der Waals surface area contributed by atoms with Crippen molar-refractivity contribution in [3.63, 3.8) is 0 Å². The lowest BCUT2D eigenvalue weighted by molar-refractivity contribution is -0.150. The third-order valence-corrected chi connectivity index (χ3v) is 5.09. The van der Waals surface area contributed by atoms with E-state index in [1.54, 1.807) is 12.1 Å². The molecule has 1 amide bonds. The van der Waals surface area contributed by atoms with Crippen LogP contribution in [0, 0.1) is 6.92 Å². The van der Waals surface area contributed by atoms with Gasteiger partial charge in [0.15, 0.2) is 0 Å². The summed E-state index contributed by atoms with van der Waals surface area (Å²) in [7, 11) is 1.54. The number of rotatable bonds is 7. The minimum atomic E-state index is -1.02. The van der Waals surface area contributed by atoms with Gasteiger partial charge in [0, 0.05) is 29.5 Å². The normalized spacial score (nSPS) is 14.8. The first-order chi connectivity index (χ1) is 12.8. The Kier molecular flexibility index (Phi) is 5.21. The summed E-state index contributed by atoms with van der Waals surface area (Å²) in [5.74, 6) is -0.678. The Labute approximate surface area is 156 Å². The van der Waals surface area contributed by atoms with E-state index < -0.39 is 17.6 Å². The molecule has 1 aliphatic rings. The molecule has 1 atom stereocenters. The zero-order valence-electron chi connectivity index (χ0n) is 15.7. The smallest absolute Gasteiger partial charge is 0.339 e. The van der Waals surface area contributed by atoms with Crippen molar-refractivity contribution in [3.05, 3.63) is 39.7 Å². The van der Waals surface area contributed by atoms with Gasteiger partial charge in [-0.3, -0.25) is 4.79 Å². The number of benzene rings is 1. The van der Waals surface area contributed by atoms with Gasteiger partial charge in [-0.15, -0.1) is 0 Å². The van der Waals surface area contributed by atoms with Gasteiger partial charge in [0.25, 0.3) is 0 Å². The molecule has 144 valence electrons. The van der Waals surface area contributed by atoms with Crippen LogP contribution in [0.1, 0.15) is 37.3 Å². The number of nitrogens with zero attached hydrogens (tertiary/aromatic N) is 1. The number of ether oxygens (including phenoxy) is 1. The van der Waals surface area contributed by atoms with Crippen molar-refractivity contribution in [1.29, 1.82) is 0 Å². The number of methoxy groups -OCH3 is 1. The molecule has 1 aromatic heterocycles. The van der Waals surface area contributed by atoms with Crippen LogP contribution in [0.25, 0.3) is 11.0 Å². The van der Waals surface area contributed by atoms with E-state index in [9.17, 15) is 19.5 Å². The quantitative estimate of drug-likeness (QED) is 0.749. The Bertz CT molecular complexity index is 943. The number of carboxylic acids is 1. The Hall–Kier alpha value is -2.83. The van der Waals surface area contributed by atoms with E-state index >= 15 is 0 Å². The Morgan fingerprint density at radius 3 is 2.67 bits per heavy atom. The molecule has 1 aliphatic carbocycles. The number of carbonyl (C=O) groups is 2. The van der Waals surface area contributed by atoms with Gasteiger partial charge in [0.05, 0.1) is 7.11 Å². The largest absolute Gasteiger partial charge is 0.497 e. The molecule has 1 unspecified atom stereocenters. The summed E-state index contributed by atoms with van der Waals surface area (Å²) >= 11 is 0. The van der Waals surface area contributed by atoms with Gasteiger partial charge < -0.3 is 19.2 Å². The number of hydrogen-bond acceptors (Lipinski definition) is 5. The highest BCUT2D eigenvalue weighted by Crippen LogP contribution is 2.30. The summed E-state index contributed by atoms with van der Waals surface area (Å²) in [6.45, 7) is 3.34. The first kappa shape index (κ1) is 18.9. The van der Waals surface area contributed by atoms with Crippen molar-refractivity contribution in [1.82, 2.24) is 4.90 Å². The van der Waals surface area contributed by atoms with E-state index in [2.05, 4.69) is 0 Å². The van der Waals surface area contributed by atoms with Gasteiger partial charge in [0.1, 0.15) is 17.4 Å². The third-order valence-electron chi connectivity index (χ3n) is 5.09. The second-order valence-electron chi connectivity index (χ2n) is 6.90. The molecule has 7 nitrogen and oxygen atoms in total. The highest BCUT2D eigenvalue weighted by atomic mass is 16.5. The predicted octanol–water partition coefficient (Wildman–Crippen LogP) is 2.51. The summed E-state index contributed by atoms with van der Waals surface area (Å²) in [5.41, 5.74) is 1.16. The van der Waals surface area contributed by atoms with Crippen molar-refractivity contribution in [2.75, 3.05) is 7.11 Å². The van der Waals surface area contributed by atoms with Crippen LogP contribution < -0.4 is 10.4 Å². The van der Waals surface area contributed by atoms with Gasteiger partial charge in [-0.2, -0.15) is 0 Å². The van der Waals surface area contributed by atoms with E-state index in [0.29, 0.717) is 16.9 Å². The molecule has 1 fully saturated rings. The molecule has 1 N–H and O–H groups in total. The van der Waals surface area contributed by atoms with E-state index in [0.717, 1.165) is 23.8 Å². The average Bonchev–Trinajstić information content (AvgIpc) is 3.45. The van der Waals surface area contributed by atoms with Crippen molar-refractivity contribution in [3.8, 4) is 5.75 Å². The number of fused-ring (bicyclic) bond motifs is 1.